The van der Waals surface area contributed by atoms with Crippen molar-refractivity contribution in [1.29, 1.82) is 0 Å². The average Bonchev–Trinajstić information content (AvgIpc) is 2.81. The number of alkyl halides is 3. The van der Waals surface area contributed by atoms with Crippen molar-refractivity contribution in [3.63, 3.8) is 0 Å². The maximum atomic E-state index is 13.3. The third-order valence-corrected chi connectivity index (χ3v) is 6.57. The van der Waals surface area contributed by atoms with Gasteiger partial charge in [0.2, 0.25) is 5.91 Å². The van der Waals surface area contributed by atoms with Gasteiger partial charge < -0.3 is 5.32 Å². The lowest BCUT2D eigenvalue weighted by atomic mass is 10.1. The Morgan fingerprint density at radius 3 is 2.49 bits per heavy atom. The van der Waals surface area contributed by atoms with E-state index in [2.05, 4.69) is 11.4 Å². The number of hydrogen-bond acceptors (Lipinski definition) is 3. The van der Waals surface area contributed by atoms with Gasteiger partial charge in [0.15, 0.2) is 0 Å². The molecule has 1 aliphatic rings. The van der Waals surface area contributed by atoms with Crippen molar-refractivity contribution in [2.45, 2.75) is 24.4 Å². The number of anilines is 1. The second-order valence-corrected chi connectivity index (χ2v) is 9.26. The molecule has 0 saturated carbocycles. The summed E-state index contributed by atoms with van der Waals surface area (Å²) in [4.78, 5) is 28.5. The number of carbonyl (C=O) groups excluding carboxylic acids is 2. The zero-order valence-corrected chi connectivity index (χ0v) is 19.7. The van der Waals surface area contributed by atoms with Crippen LogP contribution in [-0.2, 0) is 22.2 Å². The molecule has 3 aromatic carbocycles. The molecule has 0 bridgehead atoms. The highest BCUT2D eigenvalue weighted by Gasteiger charge is 2.31. The molecule has 1 aliphatic heterocycles. The van der Waals surface area contributed by atoms with Gasteiger partial charge in [-0.2, -0.15) is 13.2 Å². The normalized spacial score (nSPS) is 14.7. The van der Waals surface area contributed by atoms with Crippen molar-refractivity contribution in [3.05, 3.63) is 100.0 Å². The van der Waals surface area contributed by atoms with Crippen LogP contribution in [0.15, 0.2) is 82.6 Å². The molecule has 2 amide bonds. The Hall–Kier alpha value is -3.52. The van der Waals surface area contributed by atoms with Crippen LogP contribution >= 0.6 is 11.8 Å². The van der Waals surface area contributed by atoms with Crippen molar-refractivity contribution in [2.75, 3.05) is 18.0 Å². The van der Waals surface area contributed by atoms with Gasteiger partial charge in [-0.15, -0.1) is 0 Å². The molecule has 0 atom stereocenters. The Labute approximate surface area is 205 Å². The number of halogens is 3. The summed E-state index contributed by atoms with van der Waals surface area (Å²) >= 11 is 1.23. The molecule has 0 aliphatic carbocycles. The van der Waals surface area contributed by atoms with E-state index >= 15 is 0 Å². The monoisotopic (exact) mass is 496 g/mol. The Kier molecular flexibility index (Phi) is 7.31. The lowest BCUT2D eigenvalue weighted by Crippen LogP contribution is -2.43. The molecule has 35 heavy (non-hydrogen) atoms. The van der Waals surface area contributed by atoms with Crippen LogP contribution < -0.4 is 10.2 Å². The highest BCUT2D eigenvalue weighted by atomic mass is 32.2. The first kappa shape index (κ1) is 24.6. The Bertz CT molecular complexity index is 1270. The first-order valence-electron chi connectivity index (χ1n) is 11.0. The summed E-state index contributed by atoms with van der Waals surface area (Å²) in [6, 6.07) is 19.9. The number of rotatable bonds is 6. The van der Waals surface area contributed by atoms with E-state index < -0.39 is 11.7 Å². The third-order valence-electron chi connectivity index (χ3n) is 5.49. The van der Waals surface area contributed by atoms with Crippen molar-refractivity contribution < 1.29 is 22.8 Å². The highest BCUT2D eigenvalue weighted by Crippen LogP contribution is 2.42. The first-order chi connectivity index (χ1) is 16.7. The molecule has 180 valence electrons. The van der Waals surface area contributed by atoms with Gasteiger partial charge >= 0.3 is 6.18 Å². The van der Waals surface area contributed by atoms with E-state index in [-0.39, 0.29) is 18.4 Å². The lowest BCUT2D eigenvalue weighted by molar-refractivity contribution is -0.137. The Balaban J connectivity index is 1.48. The molecule has 4 rings (SSSR count). The molecule has 0 saturated heterocycles. The minimum atomic E-state index is -4.43. The summed E-state index contributed by atoms with van der Waals surface area (Å²) in [6.07, 6.45) is -2.21. The van der Waals surface area contributed by atoms with Crippen LogP contribution in [0.5, 0.6) is 0 Å². The van der Waals surface area contributed by atoms with E-state index in [0.29, 0.717) is 29.1 Å². The fraction of sp³-hybridized carbons (Fsp3) is 0.185. The number of benzene rings is 3. The van der Waals surface area contributed by atoms with Crippen LogP contribution in [0.1, 0.15) is 22.3 Å². The van der Waals surface area contributed by atoms with E-state index in [1.54, 1.807) is 18.2 Å². The molecule has 0 radical (unpaired) electrons. The second-order valence-electron chi connectivity index (χ2n) is 8.18. The van der Waals surface area contributed by atoms with Gasteiger partial charge in [-0.1, -0.05) is 65.9 Å². The van der Waals surface area contributed by atoms with E-state index in [4.69, 9.17) is 0 Å². The van der Waals surface area contributed by atoms with Crippen molar-refractivity contribution in [3.8, 4) is 0 Å². The van der Waals surface area contributed by atoms with Gasteiger partial charge in [-0.3, -0.25) is 14.5 Å². The summed E-state index contributed by atoms with van der Waals surface area (Å²) in [5.41, 5.74) is 2.60. The van der Waals surface area contributed by atoms with Crippen LogP contribution in [0.3, 0.4) is 0 Å². The Morgan fingerprint density at radius 1 is 1.03 bits per heavy atom. The average molecular weight is 497 g/mol. The predicted octanol–water partition coefficient (Wildman–Crippen LogP) is 5.85. The van der Waals surface area contributed by atoms with Crippen LogP contribution in [0, 0.1) is 6.92 Å². The van der Waals surface area contributed by atoms with Gasteiger partial charge in [0, 0.05) is 11.4 Å². The lowest BCUT2D eigenvalue weighted by Gasteiger charge is -2.29. The van der Waals surface area contributed by atoms with Crippen molar-refractivity contribution in [2.24, 2.45) is 0 Å². The van der Waals surface area contributed by atoms with E-state index in [0.717, 1.165) is 28.2 Å². The number of fused-ring (bicyclic) bond motifs is 1. The molecule has 4 nitrogen and oxygen atoms in total. The number of nitrogens with zero attached hydrogens (tertiary/aromatic N) is 1. The molecular formula is C27H23F3N2O2S. The van der Waals surface area contributed by atoms with Gasteiger partial charge in [0.1, 0.15) is 6.54 Å². The molecular weight excluding hydrogens is 473 g/mol. The second kappa shape index (κ2) is 10.4. The van der Waals surface area contributed by atoms with E-state index in [9.17, 15) is 22.8 Å². The molecule has 0 fully saturated rings. The van der Waals surface area contributed by atoms with Gasteiger partial charge in [0.05, 0.1) is 16.2 Å². The highest BCUT2D eigenvalue weighted by molar-refractivity contribution is 8.04. The van der Waals surface area contributed by atoms with Gasteiger partial charge in [0.25, 0.3) is 5.91 Å². The summed E-state index contributed by atoms with van der Waals surface area (Å²) in [6.45, 7) is 2.29. The third kappa shape index (κ3) is 6.14. The fourth-order valence-electron chi connectivity index (χ4n) is 3.75. The first-order valence-corrected chi connectivity index (χ1v) is 11.8. The quantitative estimate of drug-likeness (QED) is 0.436. The largest absolute Gasteiger partial charge is 0.416 e. The van der Waals surface area contributed by atoms with Gasteiger partial charge in [-0.25, -0.2) is 0 Å². The zero-order chi connectivity index (χ0) is 25.0. The van der Waals surface area contributed by atoms with Gasteiger partial charge in [-0.05, 0) is 54.8 Å². The minimum Gasteiger partial charge on any atom is -0.354 e. The number of para-hydroxylation sites is 1. The molecule has 1 N–H and O–H groups in total. The smallest absolute Gasteiger partial charge is 0.354 e. The minimum absolute atomic E-state index is 0.158. The summed E-state index contributed by atoms with van der Waals surface area (Å²) in [7, 11) is 0. The number of aryl methyl sites for hydroxylation is 1. The van der Waals surface area contributed by atoms with E-state index in [1.807, 2.05) is 37.3 Å². The topological polar surface area (TPSA) is 49.4 Å². The maximum Gasteiger partial charge on any atom is 0.416 e. The summed E-state index contributed by atoms with van der Waals surface area (Å²) in [5, 5.41) is 2.87. The van der Waals surface area contributed by atoms with E-state index in [1.165, 1.54) is 28.8 Å². The molecule has 8 heteroatoms. The van der Waals surface area contributed by atoms with Crippen molar-refractivity contribution in [1.82, 2.24) is 5.32 Å². The van der Waals surface area contributed by atoms with Crippen LogP contribution in [0.4, 0.5) is 18.9 Å². The SMILES string of the molecule is Cc1cccc(CCNC(=O)CN2C(=O)/C(=C/c3ccc(C(F)(F)F)cc3)Sc3ccccc32)c1. The van der Waals surface area contributed by atoms with Crippen LogP contribution in [0.25, 0.3) is 6.08 Å². The standard InChI is InChI=1S/C27H23F3N2O2S/c1-18-5-4-6-19(15-18)13-14-31-25(33)17-32-22-7-2-3-8-23(22)35-24(26(32)34)16-20-9-11-21(12-10-20)27(28,29)30/h2-12,15-16H,13-14,17H2,1H3,(H,31,33)/b24-16-. The molecule has 3 aromatic rings. The molecule has 0 unspecified atom stereocenters. The van der Waals surface area contributed by atoms with Crippen LogP contribution in [-0.4, -0.2) is 24.9 Å². The number of thioether (sulfide) groups is 1. The number of amides is 2. The summed E-state index contributed by atoms with van der Waals surface area (Å²) in [5.74, 6) is -0.663. The Morgan fingerprint density at radius 2 is 1.77 bits per heavy atom. The molecule has 0 aromatic heterocycles. The van der Waals surface area contributed by atoms with Crippen molar-refractivity contribution >= 4 is 35.3 Å². The fourth-order valence-corrected chi connectivity index (χ4v) is 4.81. The number of nitrogens with one attached hydrogen (secondary N) is 1. The maximum absolute atomic E-state index is 13.3. The van der Waals surface area contributed by atoms with Crippen LogP contribution in [0.2, 0.25) is 0 Å². The number of carbonyl (C=O) groups is 2. The predicted molar refractivity (Wildman–Crippen MR) is 132 cm³/mol. The molecule has 1 heterocycles. The number of hydrogen-bond donors (Lipinski definition) is 1. The zero-order valence-electron chi connectivity index (χ0n) is 18.9. The molecule has 0 spiro atoms. The summed E-state index contributed by atoms with van der Waals surface area (Å²) < 4.78 is 38.6.